The first-order valence-corrected chi connectivity index (χ1v) is 9.64. The number of thioether (sulfide) groups is 1. The molecule has 0 spiro atoms. The standard InChI is InChI=1S/C18H21N3O5S/c1-10(14(22)19-11-7-8-11)26-15(23)12-5-3-4-6-13(12)27-9-18(2)16(24)20-17(25)21-18/h3-6,10-11H,7-9H2,1-2H3,(H,19,22)(H2,20,21,24,25)/t10-,18+/m1/s1. The molecule has 27 heavy (non-hydrogen) atoms. The van der Waals surface area contributed by atoms with E-state index in [1.165, 1.54) is 18.7 Å². The summed E-state index contributed by atoms with van der Waals surface area (Å²) in [5.74, 6) is -1.09. The van der Waals surface area contributed by atoms with Gasteiger partial charge in [0.2, 0.25) is 0 Å². The third kappa shape index (κ3) is 4.60. The van der Waals surface area contributed by atoms with Crippen LogP contribution in [0.25, 0.3) is 0 Å². The largest absolute Gasteiger partial charge is 0.449 e. The first-order chi connectivity index (χ1) is 12.8. The molecule has 1 saturated carbocycles. The van der Waals surface area contributed by atoms with Gasteiger partial charge in [-0.2, -0.15) is 0 Å². The van der Waals surface area contributed by atoms with Gasteiger partial charge >= 0.3 is 12.0 Å². The lowest BCUT2D eigenvalue weighted by atomic mass is 10.1. The van der Waals surface area contributed by atoms with Gasteiger partial charge in [-0.25, -0.2) is 9.59 Å². The molecule has 3 rings (SSSR count). The second-order valence-corrected chi connectivity index (χ2v) is 7.87. The Morgan fingerprint density at radius 2 is 2.04 bits per heavy atom. The van der Waals surface area contributed by atoms with Gasteiger partial charge in [0, 0.05) is 16.7 Å². The van der Waals surface area contributed by atoms with E-state index in [4.69, 9.17) is 4.74 Å². The van der Waals surface area contributed by atoms with Crippen LogP contribution in [0.4, 0.5) is 4.79 Å². The predicted octanol–water partition coefficient (Wildman–Crippen LogP) is 1.20. The van der Waals surface area contributed by atoms with Crippen molar-refractivity contribution < 1.29 is 23.9 Å². The van der Waals surface area contributed by atoms with Crippen molar-refractivity contribution in [3.05, 3.63) is 29.8 Å². The Balaban J connectivity index is 1.64. The van der Waals surface area contributed by atoms with E-state index in [-0.39, 0.29) is 17.7 Å². The molecular weight excluding hydrogens is 370 g/mol. The Morgan fingerprint density at radius 1 is 1.33 bits per heavy atom. The topological polar surface area (TPSA) is 114 Å². The molecular formula is C18H21N3O5S. The fraction of sp³-hybridized carbons (Fsp3) is 0.444. The summed E-state index contributed by atoms with van der Waals surface area (Å²) in [6.07, 6.45) is 1.01. The smallest absolute Gasteiger partial charge is 0.340 e. The summed E-state index contributed by atoms with van der Waals surface area (Å²) >= 11 is 1.26. The number of benzene rings is 1. The highest BCUT2D eigenvalue weighted by Gasteiger charge is 2.42. The number of hydrogen-bond acceptors (Lipinski definition) is 6. The average molecular weight is 391 g/mol. The van der Waals surface area contributed by atoms with Crippen molar-refractivity contribution in [3.8, 4) is 0 Å². The SMILES string of the molecule is C[C@@H](OC(=O)c1ccccc1SC[C@]1(C)NC(=O)NC1=O)C(=O)NC1CC1. The maximum absolute atomic E-state index is 12.5. The van der Waals surface area contributed by atoms with Gasteiger partial charge in [-0.15, -0.1) is 11.8 Å². The molecule has 1 aromatic rings. The maximum Gasteiger partial charge on any atom is 0.340 e. The van der Waals surface area contributed by atoms with Crippen LogP contribution in [0.1, 0.15) is 37.0 Å². The Labute approximate surface area is 160 Å². The van der Waals surface area contributed by atoms with Gasteiger partial charge in [0.15, 0.2) is 6.10 Å². The van der Waals surface area contributed by atoms with Crippen molar-refractivity contribution in [1.29, 1.82) is 0 Å². The molecule has 1 aliphatic carbocycles. The Morgan fingerprint density at radius 3 is 2.67 bits per heavy atom. The Kier molecular flexibility index (Phi) is 5.41. The van der Waals surface area contributed by atoms with Crippen LogP contribution in [0.3, 0.4) is 0 Å². The molecule has 8 nitrogen and oxygen atoms in total. The van der Waals surface area contributed by atoms with Crippen molar-refractivity contribution in [2.24, 2.45) is 0 Å². The highest BCUT2D eigenvalue weighted by atomic mass is 32.2. The highest BCUT2D eigenvalue weighted by molar-refractivity contribution is 7.99. The molecule has 3 N–H and O–H groups in total. The Bertz CT molecular complexity index is 795. The van der Waals surface area contributed by atoms with Gasteiger partial charge in [-0.1, -0.05) is 12.1 Å². The van der Waals surface area contributed by atoms with Crippen LogP contribution in [0, 0.1) is 0 Å². The number of nitrogens with one attached hydrogen (secondary N) is 3. The van der Waals surface area contributed by atoms with E-state index in [0.29, 0.717) is 10.5 Å². The summed E-state index contributed by atoms with van der Waals surface area (Å²) in [5.41, 5.74) is -0.752. The zero-order valence-corrected chi connectivity index (χ0v) is 15.9. The molecule has 0 bridgehead atoms. The molecule has 144 valence electrons. The molecule has 2 atom stereocenters. The van der Waals surface area contributed by atoms with Crippen molar-refractivity contribution in [1.82, 2.24) is 16.0 Å². The zero-order chi connectivity index (χ0) is 19.6. The molecule has 4 amide bonds. The third-order valence-electron chi connectivity index (χ3n) is 4.32. The number of amides is 4. The summed E-state index contributed by atoms with van der Waals surface area (Å²) in [6.45, 7) is 3.15. The van der Waals surface area contributed by atoms with Crippen LogP contribution in [0.15, 0.2) is 29.2 Å². The zero-order valence-electron chi connectivity index (χ0n) is 15.0. The summed E-state index contributed by atoms with van der Waals surface area (Å²) in [7, 11) is 0. The molecule has 9 heteroatoms. The molecule has 1 aliphatic heterocycles. The number of ether oxygens (including phenoxy) is 1. The fourth-order valence-electron chi connectivity index (χ4n) is 2.49. The summed E-state index contributed by atoms with van der Waals surface area (Å²) < 4.78 is 5.29. The van der Waals surface area contributed by atoms with Gasteiger partial charge < -0.3 is 15.4 Å². The second kappa shape index (κ2) is 7.59. The predicted molar refractivity (Wildman–Crippen MR) is 98.3 cm³/mol. The average Bonchev–Trinajstić information content (AvgIpc) is 3.39. The number of esters is 1. The van der Waals surface area contributed by atoms with Crippen molar-refractivity contribution in [3.63, 3.8) is 0 Å². The normalized spacial score (nSPS) is 22.6. The van der Waals surface area contributed by atoms with Crippen LogP contribution in [0.2, 0.25) is 0 Å². The third-order valence-corrected chi connectivity index (χ3v) is 5.71. The molecule has 0 radical (unpaired) electrons. The lowest BCUT2D eigenvalue weighted by Crippen LogP contribution is -2.46. The second-order valence-electron chi connectivity index (χ2n) is 6.86. The van der Waals surface area contributed by atoms with E-state index < -0.39 is 29.6 Å². The maximum atomic E-state index is 12.5. The van der Waals surface area contributed by atoms with Gasteiger partial charge in [-0.05, 0) is 38.8 Å². The number of rotatable bonds is 7. The summed E-state index contributed by atoms with van der Waals surface area (Å²) in [4.78, 5) is 48.4. The number of carbonyl (C=O) groups is 4. The minimum absolute atomic E-state index is 0.190. The van der Waals surface area contributed by atoms with Crippen LogP contribution in [0.5, 0.6) is 0 Å². The molecule has 1 heterocycles. The number of imide groups is 1. The van der Waals surface area contributed by atoms with E-state index in [1.807, 2.05) is 0 Å². The van der Waals surface area contributed by atoms with Crippen LogP contribution in [-0.2, 0) is 14.3 Å². The van der Waals surface area contributed by atoms with Gasteiger partial charge in [-0.3, -0.25) is 14.9 Å². The molecule has 1 aromatic carbocycles. The van der Waals surface area contributed by atoms with E-state index in [1.54, 1.807) is 31.2 Å². The lowest BCUT2D eigenvalue weighted by Gasteiger charge is -2.20. The van der Waals surface area contributed by atoms with E-state index in [2.05, 4.69) is 16.0 Å². The molecule has 2 aliphatic rings. The van der Waals surface area contributed by atoms with E-state index in [9.17, 15) is 19.2 Å². The van der Waals surface area contributed by atoms with E-state index in [0.717, 1.165) is 12.8 Å². The first kappa shape index (κ1) is 19.2. The minimum Gasteiger partial charge on any atom is -0.449 e. The Hall–Kier alpha value is -2.55. The first-order valence-electron chi connectivity index (χ1n) is 8.65. The van der Waals surface area contributed by atoms with Crippen LogP contribution < -0.4 is 16.0 Å². The van der Waals surface area contributed by atoms with Crippen molar-refractivity contribution in [2.75, 3.05) is 5.75 Å². The molecule has 0 unspecified atom stereocenters. The lowest BCUT2D eigenvalue weighted by molar-refractivity contribution is -0.129. The minimum atomic E-state index is -1.06. The van der Waals surface area contributed by atoms with E-state index >= 15 is 0 Å². The number of carbonyl (C=O) groups excluding carboxylic acids is 4. The fourth-order valence-corrected chi connectivity index (χ4v) is 3.62. The van der Waals surface area contributed by atoms with Crippen LogP contribution in [-0.4, -0.2) is 47.3 Å². The monoisotopic (exact) mass is 391 g/mol. The molecule has 0 aromatic heterocycles. The van der Waals surface area contributed by atoms with Crippen LogP contribution >= 0.6 is 11.8 Å². The molecule has 1 saturated heterocycles. The summed E-state index contributed by atoms with van der Waals surface area (Å²) in [5, 5.41) is 7.58. The van der Waals surface area contributed by atoms with Gasteiger partial charge in [0.05, 0.1) is 5.56 Å². The number of hydrogen-bond donors (Lipinski definition) is 3. The van der Waals surface area contributed by atoms with Crippen molar-refractivity contribution in [2.45, 2.75) is 49.3 Å². The molecule has 2 fully saturated rings. The van der Waals surface area contributed by atoms with Crippen molar-refractivity contribution >= 4 is 35.6 Å². The quantitative estimate of drug-likeness (QED) is 0.366. The van der Waals surface area contributed by atoms with Gasteiger partial charge in [0.25, 0.3) is 11.8 Å². The van der Waals surface area contributed by atoms with Gasteiger partial charge in [0.1, 0.15) is 5.54 Å². The number of urea groups is 1. The summed E-state index contributed by atoms with van der Waals surface area (Å²) in [6, 6.07) is 6.45. The highest BCUT2D eigenvalue weighted by Crippen LogP contribution is 2.28.